The van der Waals surface area contributed by atoms with Gasteiger partial charge in [-0.25, -0.2) is 13.2 Å². The van der Waals surface area contributed by atoms with Crippen LogP contribution in [0.5, 0.6) is 0 Å². The Morgan fingerprint density at radius 3 is 1.20 bits per heavy atom. The summed E-state index contributed by atoms with van der Waals surface area (Å²) in [5.41, 5.74) is -27.6. The number of carbonyl (C=O) groups excluding carboxylic acids is 3. The molecule has 0 radical (unpaired) electrons. The molecular formula is C110H118F12N12O6S3. The number of alkyl halides is 9. The summed E-state index contributed by atoms with van der Waals surface area (Å²) in [5, 5.41) is -2.85. The molecule has 3 aliphatic carbocycles. The van der Waals surface area contributed by atoms with Crippen molar-refractivity contribution in [3.05, 3.63) is 350 Å². The first-order valence-electron chi connectivity index (χ1n) is 69.0. The van der Waals surface area contributed by atoms with Crippen molar-refractivity contribution in [1.29, 1.82) is 0 Å². The molecule has 0 saturated heterocycles. The molecule has 3 heterocycles. The number of likely N-dealkylation sites (N-methyl/N-ethyl adjacent to an activating group) is 3. The van der Waals surface area contributed by atoms with Crippen molar-refractivity contribution in [3.8, 4) is 33.4 Å². The van der Waals surface area contributed by atoms with Gasteiger partial charge in [0.05, 0.1) is 59.2 Å². The van der Waals surface area contributed by atoms with E-state index in [-0.39, 0.29) is 100 Å². The lowest BCUT2D eigenvalue weighted by Gasteiger charge is -2.28. The van der Waals surface area contributed by atoms with E-state index in [0.29, 0.717) is 60.4 Å². The molecule has 0 spiro atoms. The Hall–Kier alpha value is -11.9. The molecule has 1 unspecified atom stereocenters. The number of aromatic nitrogens is 6. The maximum atomic E-state index is 15.2. The van der Waals surface area contributed by atoms with Gasteiger partial charge >= 0.3 is 18.5 Å². The van der Waals surface area contributed by atoms with E-state index < -0.39 is 455 Å². The minimum absolute atomic E-state index is 0.00473. The van der Waals surface area contributed by atoms with Gasteiger partial charge in [-0.1, -0.05) is 229 Å². The third-order valence-corrected chi connectivity index (χ3v) is 23.4. The van der Waals surface area contributed by atoms with Gasteiger partial charge in [0, 0.05) is 138 Å². The van der Waals surface area contributed by atoms with E-state index in [1.54, 1.807) is 13.8 Å². The van der Waals surface area contributed by atoms with E-state index >= 15 is 4.79 Å². The first-order chi connectivity index (χ1) is 88.7. The monoisotopic (exact) mass is 2080 g/mol. The molecule has 0 fully saturated rings. The number of nitrogens with zero attached hydrogens (tertiary/aromatic N) is 12. The Bertz CT molecular complexity index is 9360. The average molecular weight is 2080 g/mol. The first-order valence-corrected chi connectivity index (χ1v) is 45.5. The lowest BCUT2D eigenvalue weighted by molar-refractivity contribution is -0.138. The SMILES string of the molecule is [2H]C([2H])(Sc1nc(=O)c2c(n1C([2H])([2H])C(=O)N(Cc1ccc(-c3ccc(C(F)(F)F)cc3)cc1)C([2H])([2H])C([2H])([2H])N(CC)CC)CCC2)c1ccc(F)cc1.[2H]c1c([2H])c(C([2H])([2H])Sc2nc(=O)c3c(n2C([2H])([2H])C(=O)N(CCN(C([2H])([2H])C)C([2H])([2H])C)Cc2c([2H])c([2H])c(-c4c([2H])c([2H])c(C(F)(F)F)c(C)c4[2H])c([2H])c2[2H])CCC3)c([2H])c([2H])c1F.[2H]c1c([2H])c(C([2H])([2H])Sc2nc(=O)c3c(n2C([2H])([2H])C(=O)N(CCN(C([2H])([2H])C)C([2H])([2H])C)Cc2c([2H])c([2H])c(-c4c([2H])c([2H])c(C(F)(F)F)c([2H])c4[2H])c([2H])c2[2H])C([2H])([2H])C([2H])(C)C3([2H])[2H])c([2H])c([2H])c1F. The molecule has 33 heteroatoms. The zero-order chi connectivity index (χ0) is 148. The standard InChI is InChI=1S/2C37H40F4N4O2S.C36H38F4N4O2S/c1-4-43(5-2)18-19-44(22-26-6-10-28(11-7-26)29-12-14-30(15-13-29)37(39,40)41)34(46)23-45-33-21-25(3)20-32(33)35(47)42-36(45)48-24-27-8-16-31(38)17-9-27;1-4-43(5-2)19-20-44(22-26-9-13-28(14-10-26)29-15-18-32(25(3)21-29)37(39,40)41)34(46)23-45-33-8-6-7-31(33)35(47)42-36(45)48-24-27-11-16-30(38)17-12-27;1-3-42(4-2)20-21-43(22-25-8-12-27(13-9-25)28-14-16-29(17-15-28)36(38,39)40)33(45)23-44-32-7-5-6-31(32)34(46)41-35(44)47-24-26-10-18-30(37)19-11-26/h6-17,25H,4-5,18-24H2,1-3H3;9-18,21H,4-8,19-20,22-24H2,1-3H3;8-19H,3-7,20-24H2,1-2H3/i4D2,5D2,6D,7D,8D,9D,10D,11D,12D,13D,14D,15D,16D,17D,20D2,21D2,23D2,24D2,25D;4D2,5D2,9D,10D,11D,12D,13D,14D,15D,16D,17D,18D,21D,23D2,24D2;20D2,21D2,23D2,24D2. The van der Waals surface area contributed by atoms with Crippen LogP contribution < -0.4 is 16.7 Å². The highest BCUT2D eigenvalue weighted by atomic mass is 32.2. The Labute approximate surface area is 911 Å². The normalized spacial score (nSPS) is 21.0. The van der Waals surface area contributed by atoms with Crippen LogP contribution in [0.4, 0.5) is 52.7 Å². The van der Waals surface area contributed by atoms with Gasteiger partial charge in [0.15, 0.2) is 15.5 Å². The molecule has 756 valence electrons. The van der Waals surface area contributed by atoms with E-state index in [9.17, 15) is 84.9 Å². The lowest BCUT2D eigenvalue weighted by atomic mass is 9.98. The molecule has 1 atom stereocenters. The van der Waals surface area contributed by atoms with Crippen molar-refractivity contribution >= 4 is 53.0 Å². The zero-order valence-corrected chi connectivity index (χ0v) is 79.1. The quantitative estimate of drug-likeness (QED) is 0.0202. The van der Waals surface area contributed by atoms with Gasteiger partial charge in [0.2, 0.25) is 17.7 Å². The summed E-state index contributed by atoms with van der Waals surface area (Å²) in [5.74, 6) is -12.4. The summed E-state index contributed by atoms with van der Waals surface area (Å²) in [7, 11) is 0. The Balaban J connectivity index is 0.000000238. The fourth-order valence-corrected chi connectivity index (χ4v) is 15.8. The summed E-state index contributed by atoms with van der Waals surface area (Å²) >= 11 is -0.293. The zero-order valence-electron chi connectivity index (χ0n) is 129. The molecule has 18 nitrogen and oxygen atoms in total. The molecular weight excluding hydrogens is 1910 g/mol. The van der Waals surface area contributed by atoms with Crippen LogP contribution in [-0.2, 0) is 128 Å². The van der Waals surface area contributed by atoms with Gasteiger partial charge < -0.3 is 43.1 Å². The molecule has 3 aromatic heterocycles. The summed E-state index contributed by atoms with van der Waals surface area (Å²) in [6.45, 7) is -25.7. The maximum Gasteiger partial charge on any atom is 0.416 e. The number of amides is 3. The summed E-state index contributed by atoms with van der Waals surface area (Å²) in [4.78, 5) is 100. The van der Waals surface area contributed by atoms with E-state index in [1.165, 1.54) is 48.5 Å². The summed E-state index contributed by atoms with van der Waals surface area (Å²) < 4.78 is 615. The molecule has 9 aromatic carbocycles. The molecule has 0 aliphatic heterocycles. The maximum absolute atomic E-state index is 15.2. The smallest absolute Gasteiger partial charge is 0.336 e. The van der Waals surface area contributed by atoms with E-state index in [4.69, 9.17) is 63.1 Å². The molecule has 15 rings (SSSR count). The third kappa shape index (κ3) is 29.5. The minimum Gasteiger partial charge on any atom is -0.336 e. The molecule has 0 N–H and O–H groups in total. The molecule has 143 heavy (non-hydrogen) atoms. The Morgan fingerprint density at radius 2 is 0.776 bits per heavy atom. The second-order valence-electron chi connectivity index (χ2n) is 30.5. The number of carbonyl (C=O) groups is 3. The van der Waals surface area contributed by atoms with E-state index in [1.807, 2.05) is 0 Å². The first kappa shape index (κ1) is 58.3. The summed E-state index contributed by atoms with van der Waals surface area (Å²) in [6, 6.07) is -14.5. The predicted molar refractivity (Wildman–Crippen MR) is 539 cm³/mol. The Kier molecular flexibility index (Phi) is 20.4. The predicted octanol–water partition coefficient (Wildman–Crippen LogP) is 22.2. The number of halogens is 12. The fourth-order valence-electron chi connectivity index (χ4n) is 13.8. The topological polar surface area (TPSA) is 175 Å². The van der Waals surface area contributed by atoms with Crippen LogP contribution in [0.2, 0.25) is 0 Å². The van der Waals surface area contributed by atoms with Gasteiger partial charge in [-0.2, -0.15) is 54.5 Å². The number of benzene rings is 9. The highest BCUT2D eigenvalue weighted by Gasteiger charge is 2.36. The molecule has 12 aromatic rings. The van der Waals surface area contributed by atoms with Crippen LogP contribution in [0.15, 0.2) is 242 Å². The van der Waals surface area contributed by atoms with Crippen molar-refractivity contribution < 1.29 is 138 Å². The second kappa shape index (κ2) is 50.1. The van der Waals surface area contributed by atoms with Crippen LogP contribution in [0.1, 0.15) is 222 Å². The van der Waals surface area contributed by atoms with Gasteiger partial charge in [0.1, 0.15) is 36.9 Å². The van der Waals surface area contributed by atoms with Crippen molar-refractivity contribution in [2.24, 2.45) is 5.89 Å². The number of fused-ring (bicyclic) bond motifs is 3. The van der Waals surface area contributed by atoms with Crippen LogP contribution in [-0.4, -0.2) is 154 Å². The minimum atomic E-state index is -5.44. The lowest BCUT2D eigenvalue weighted by Crippen LogP contribution is -2.40. The number of hydrogen-bond acceptors (Lipinski definition) is 15. The van der Waals surface area contributed by atoms with Gasteiger partial charge in [-0.05, 0) is 242 Å². The van der Waals surface area contributed by atoms with Crippen LogP contribution in [0.25, 0.3) is 33.4 Å². The van der Waals surface area contributed by atoms with Gasteiger partial charge in [-0.3, -0.25) is 28.8 Å². The van der Waals surface area contributed by atoms with Crippen LogP contribution in [0, 0.1) is 30.3 Å². The number of thioether (sulfide) groups is 3. The molecule has 3 aliphatic rings. The second-order valence-corrected chi connectivity index (χ2v) is 32.8. The van der Waals surface area contributed by atoms with Crippen LogP contribution >= 0.6 is 35.3 Å². The van der Waals surface area contributed by atoms with Crippen molar-refractivity contribution in [1.82, 2.24) is 58.1 Å². The third-order valence-electron chi connectivity index (χ3n) is 21.1. The van der Waals surface area contributed by atoms with Crippen molar-refractivity contribution in [2.75, 3.05) is 78.2 Å². The highest BCUT2D eigenvalue weighted by molar-refractivity contribution is 7.98. The Morgan fingerprint density at radius 1 is 0.399 bits per heavy atom. The van der Waals surface area contributed by atoms with E-state index in [2.05, 4.69) is 15.0 Å². The number of hydrogen-bond donors (Lipinski definition) is 0. The largest absolute Gasteiger partial charge is 0.416 e. The van der Waals surface area contributed by atoms with Crippen molar-refractivity contribution in [2.45, 2.75) is 197 Å². The number of rotatable bonds is 39. The average Bonchev–Trinajstić information content (AvgIpc) is 1.51. The molecule has 0 bridgehead atoms. The van der Waals surface area contributed by atoms with Crippen LogP contribution in [0.3, 0.4) is 0 Å². The summed E-state index contributed by atoms with van der Waals surface area (Å²) in [6.07, 6.45) is -21.4. The van der Waals surface area contributed by atoms with Crippen molar-refractivity contribution in [3.63, 3.8) is 0 Å². The highest BCUT2D eigenvalue weighted by Crippen LogP contribution is 2.39. The van der Waals surface area contributed by atoms with E-state index in [0.717, 1.165) is 68.4 Å². The van der Waals surface area contributed by atoms with Gasteiger partial charge in [-0.15, -0.1) is 0 Å². The van der Waals surface area contributed by atoms with Gasteiger partial charge in [0.25, 0.3) is 16.7 Å². The molecule has 0 saturated carbocycles. The fraction of sp³-hybridized carbons (Fsp3) is 0.373. The molecule has 3 amide bonds.